The largest absolute Gasteiger partial charge is 0.313 e. The highest BCUT2D eigenvalue weighted by Crippen LogP contribution is 2.29. The van der Waals surface area contributed by atoms with Crippen molar-refractivity contribution in [1.29, 1.82) is 0 Å². The number of nitrogens with one attached hydrogen (secondary N) is 1. The molecule has 0 aliphatic carbocycles. The first-order valence-electron chi connectivity index (χ1n) is 5.77. The highest BCUT2D eigenvalue weighted by molar-refractivity contribution is 5.26. The minimum atomic E-state index is -0.119. The van der Waals surface area contributed by atoms with Crippen LogP contribution in [0.4, 0.5) is 4.39 Å². The Kier molecular flexibility index (Phi) is 4.09. The Morgan fingerprint density at radius 1 is 1.31 bits per heavy atom. The van der Waals surface area contributed by atoms with E-state index in [4.69, 9.17) is 0 Å². The third-order valence-electron chi connectivity index (χ3n) is 2.76. The number of benzene rings is 1. The van der Waals surface area contributed by atoms with Gasteiger partial charge in [-0.15, -0.1) is 0 Å². The van der Waals surface area contributed by atoms with Gasteiger partial charge in [0.25, 0.3) is 0 Å². The second-order valence-electron chi connectivity index (χ2n) is 5.61. The van der Waals surface area contributed by atoms with Crippen LogP contribution in [0.15, 0.2) is 18.2 Å². The van der Waals surface area contributed by atoms with E-state index in [1.54, 1.807) is 13.0 Å². The maximum absolute atomic E-state index is 13.5. The zero-order chi connectivity index (χ0) is 12.3. The van der Waals surface area contributed by atoms with E-state index in [1.807, 2.05) is 19.2 Å². The first-order valence-corrected chi connectivity index (χ1v) is 5.77. The molecule has 1 N–H and O–H groups in total. The predicted molar refractivity (Wildman–Crippen MR) is 67.0 cm³/mol. The predicted octanol–water partition coefficient (Wildman–Crippen LogP) is 3.83. The molecule has 1 atom stereocenters. The quantitative estimate of drug-likeness (QED) is 0.821. The van der Waals surface area contributed by atoms with Crippen LogP contribution in [0.25, 0.3) is 0 Å². The second-order valence-corrected chi connectivity index (χ2v) is 5.61. The van der Waals surface area contributed by atoms with Crippen LogP contribution in [0.2, 0.25) is 0 Å². The van der Waals surface area contributed by atoms with E-state index in [1.165, 1.54) is 0 Å². The molecule has 0 fully saturated rings. The summed E-state index contributed by atoms with van der Waals surface area (Å²) in [6, 6.07) is 5.71. The van der Waals surface area contributed by atoms with E-state index >= 15 is 0 Å². The summed E-state index contributed by atoms with van der Waals surface area (Å²) in [6.45, 7) is 8.38. The zero-order valence-electron chi connectivity index (χ0n) is 10.9. The summed E-state index contributed by atoms with van der Waals surface area (Å²) in [5.74, 6) is -0.119. The van der Waals surface area contributed by atoms with Gasteiger partial charge in [-0.25, -0.2) is 4.39 Å². The van der Waals surface area contributed by atoms with E-state index in [2.05, 4.69) is 26.1 Å². The molecule has 0 bridgehead atoms. The topological polar surface area (TPSA) is 12.0 Å². The molecule has 0 saturated heterocycles. The van der Waals surface area contributed by atoms with Crippen LogP contribution < -0.4 is 5.32 Å². The fourth-order valence-corrected chi connectivity index (χ4v) is 1.82. The fourth-order valence-electron chi connectivity index (χ4n) is 1.82. The first-order chi connectivity index (χ1) is 7.33. The number of halogens is 1. The normalized spacial score (nSPS) is 13.9. The summed E-state index contributed by atoms with van der Waals surface area (Å²) in [4.78, 5) is 0. The molecule has 2 heteroatoms. The summed E-state index contributed by atoms with van der Waals surface area (Å²) in [5, 5.41) is 3.25. The van der Waals surface area contributed by atoms with E-state index in [0.717, 1.165) is 12.0 Å². The lowest BCUT2D eigenvalue weighted by atomic mass is 9.85. The lowest BCUT2D eigenvalue weighted by Crippen LogP contribution is -2.22. The Balaban J connectivity index is 2.91. The van der Waals surface area contributed by atoms with Crippen LogP contribution >= 0.6 is 0 Å². The van der Waals surface area contributed by atoms with Gasteiger partial charge in [-0.1, -0.05) is 32.9 Å². The molecule has 0 aliphatic rings. The Labute approximate surface area is 98.1 Å². The van der Waals surface area contributed by atoms with Gasteiger partial charge < -0.3 is 5.32 Å². The molecule has 1 aromatic rings. The monoisotopic (exact) mass is 223 g/mol. The Bertz CT molecular complexity index is 352. The minimum Gasteiger partial charge on any atom is -0.313 e. The molecular formula is C14H22FN. The van der Waals surface area contributed by atoms with Crippen molar-refractivity contribution in [2.75, 3.05) is 7.05 Å². The molecule has 1 nitrogen and oxygen atoms in total. The van der Waals surface area contributed by atoms with Gasteiger partial charge in [0, 0.05) is 6.04 Å². The van der Waals surface area contributed by atoms with E-state index in [-0.39, 0.29) is 17.3 Å². The number of aryl methyl sites for hydroxylation is 1. The molecule has 0 heterocycles. The summed E-state index contributed by atoms with van der Waals surface area (Å²) in [7, 11) is 1.92. The lowest BCUT2D eigenvalue weighted by molar-refractivity contribution is 0.320. The molecule has 1 unspecified atom stereocenters. The van der Waals surface area contributed by atoms with Gasteiger partial charge in [0.1, 0.15) is 5.82 Å². The van der Waals surface area contributed by atoms with Crippen molar-refractivity contribution in [2.45, 2.75) is 40.2 Å². The van der Waals surface area contributed by atoms with Crippen LogP contribution in [0.5, 0.6) is 0 Å². The van der Waals surface area contributed by atoms with Crippen molar-refractivity contribution in [3.63, 3.8) is 0 Å². The summed E-state index contributed by atoms with van der Waals surface area (Å²) in [6.07, 6.45) is 0.992. The van der Waals surface area contributed by atoms with Crippen molar-refractivity contribution in [1.82, 2.24) is 5.32 Å². The Morgan fingerprint density at radius 3 is 2.38 bits per heavy atom. The zero-order valence-corrected chi connectivity index (χ0v) is 10.9. The molecular weight excluding hydrogens is 201 g/mol. The summed E-state index contributed by atoms with van der Waals surface area (Å²) in [5.41, 5.74) is 1.96. The molecule has 0 amide bonds. The Morgan fingerprint density at radius 2 is 1.94 bits per heavy atom. The maximum atomic E-state index is 13.5. The van der Waals surface area contributed by atoms with Gasteiger partial charge in [-0.3, -0.25) is 0 Å². The van der Waals surface area contributed by atoms with Gasteiger partial charge in [-0.05, 0) is 43.0 Å². The van der Waals surface area contributed by atoms with Gasteiger partial charge in [-0.2, -0.15) is 0 Å². The van der Waals surface area contributed by atoms with Crippen molar-refractivity contribution >= 4 is 0 Å². The SMILES string of the molecule is CNC(CC(C)(C)C)c1ccc(C)c(F)c1. The van der Waals surface area contributed by atoms with E-state index < -0.39 is 0 Å². The van der Waals surface area contributed by atoms with Crippen molar-refractivity contribution in [2.24, 2.45) is 5.41 Å². The van der Waals surface area contributed by atoms with Gasteiger partial charge in [0.2, 0.25) is 0 Å². The molecule has 1 aromatic carbocycles. The molecule has 0 aromatic heterocycles. The van der Waals surface area contributed by atoms with Gasteiger partial charge in [0.05, 0.1) is 0 Å². The molecule has 0 saturated carbocycles. The molecule has 0 spiro atoms. The highest BCUT2D eigenvalue weighted by atomic mass is 19.1. The van der Waals surface area contributed by atoms with Crippen LogP contribution in [-0.2, 0) is 0 Å². The maximum Gasteiger partial charge on any atom is 0.126 e. The fraction of sp³-hybridized carbons (Fsp3) is 0.571. The smallest absolute Gasteiger partial charge is 0.126 e. The lowest BCUT2D eigenvalue weighted by Gasteiger charge is -2.26. The third-order valence-corrected chi connectivity index (χ3v) is 2.76. The number of hydrogen-bond acceptors (Lipinski definition) is 1. The average Bonchev–Trinajstić information content (AvgIpc) is 2.17. The second kappa shape index (κ2) is 4.96. The highest BCUT2D eigenvalue weighted by Gasteiger charge is 2.19. The third kappa shape index (κ3) is 3.60. The molecule has 90 valence electrons. The van der Waals surface area contributed by atoms with Crippen LogP contribution in [0, 0.1) is 18.2 Å². The molecule has 1 rings (SSSR count). The van der Waals surface area contributed by atoms with E-state index in [9.17, 15) is 4.39 Å². The minimum absolute atomic E-state index is 0.119. The van der Waals surface area contributed by atoms with Crippen LogP contribution in [0.1, 0.15) is 44.4 Å². The van der Waals surface area contributed by atoms with Crippen LogP contribution in [-0.4, -0.2) is 7.05 Å². The van der Waals surface area contributed by atoms with Gasteiger partial charge >= 0.3 is 0 Å². The first kappa shape index (κ1) is 13.2. The van der Waals surface area contributed by atoms with Gasteiger partial charge in [0.15, 0.2) is 0 Å². The van der Waals surface area contributed by atoms with E-state index in [0.29, 0.717) is 5.56 Å². The molecule has 0 aliphatic heterocycles. The standard InChI is InChI=1S/C14H22FN/c1-10-6-7-11(8-12(10)15)13(16-5)9-14(2,3)4/h6-8,13,16H,9H2,1-5H3. The number of hydrogen-bond donors (Lipinski definition) is 1. The molecule has 0 radical (unpaired) electrons. The van der Waals surface area contributed by atoms with Crippen molar-refractivity contribution < 1.29 is 4.39 Å². The average molecular weight is 223 g/mol. The van der Waals surface area contributed by atoms with Crippen molar-refractivity contribution in [3.8, 4) is 0 Å². The molecule has 16 heavy (non-hydrogen) atoms. The Hall–Kier alpha value is -0.890. The summed E-state index contributed by atoms with van der Waals surface area (Å²) < 4.78 is 13.5. The number of rotatable bonds is 3. The van der Waals surface area contributed by atoms with Crippen LogP contribution in [0.3, 0.4) is 0 Å². The summed E-state index contributed by atoms with van der Waals surface area (Å²) >= 11 is 0. The van der Waals surface area contributed by atoms with Crippen molar-refractivity contribution in [3.05, 3.63) is 35.1 Å².